The molecule has 7 heteroatoms. The van der Waals surface area contributed by atoms with Crippen molar-refractivity contribution in [1.82, 2.24) is 10.2 Å². The number of esters is 1. The average molecular weight is 308 g/mol. The number of rotatable bonds is 5. The second kappa shape index (κ2) is 5.82. The average Bonchev–Trinajstić information content (AvgIpc) is 2.97. The van der Waals surface area contributed by atoms with E-state index in [1.165, 1.54) is 13.2 Å². The Morgan fingerprint density at radius 2 is 2.09 bits per heavy atom. The summed E-state index contributed by atoms with van der Waals surface area (Å²) >= 11 is 0. The van der Waals surface area contributed by atoms with E-state index in [1.807, 2.05) is 13.8 Å². The molecule has 1 aromatic rings. The van der Waals surface area contributed by atoms with E-state index in [9.17, 15) is 14.4 Å². The first-order chi connectivity index (χ1) is 10.3. The lowest BCUT2D eigenvalue weighted by molar-refractivity contribution is -0.131. The van der Waals surface area contributed by atoms with Crippen molar-refractivity contribution in [3.05, 3.63) is 23.7 Å². The highest BCUT2D eigenvalue weighted by Gasteiger charge is 2.48. The van der Waals surface area contributed by atoms with Gasteiger partial charge in [-0.2, -0.15) is 0 Å². The maximum absolute atomic E-state index is 12.5. The van der Waals surface area contributed by atoms with Crippen LogP contribution in [0.25, 0.3) is 0 Å². The summed E-state index contributed by atoms with van der Waals surface area (Å²) in [7, 11) is 1.25. The van der Waals surface area contributed by atoms with Gasteiger partial charge in [0.25, 0.3) is 5.91 Å². The summed E-state index contributed by atoms with van der Waals surface area (Å²) < 4.78 is 9.84. The van der Waals surface area contributed by atoms with Gasteiger partial charge in [-0.1, -0.05) is 13.8 Å². The van der Waals surface area contributed by atoms with Gasteiger partial charge < -0.3 is 14.5 Å². The number of furan rings is 1. The van der Waals surface area contributed by atoms with Gasteiger partial charge in [-0.25, -0.2) is 9.59 Å². The molecule has 1 fully saturated rings. The molecule has 0 spiro atoms. The number of methoxy groups -OCH3 is 1. The first kappa shape index (κ1) is 16.1. The molecule has 1 atom stereocenters. The van der Waals surface area contributed by atoms with Crippen molar-refractivity contribution in [2.75, 3.05) is 7.11 Å². The van der Waals surface area contributed by atoms with Gasteiger partial charge in [0.2, 0.25) is 5.76 Å². The minimum absolute atomic E-state index is 0.0185. The highest BCUT2D eigenvalue weighted by molar-refractivity contribution is 6.06. The molecule has 2 heterocycles. The lowest BCUT2D eigenvalue weighted by Gasteiger charge is -2.23. The Morgan fingerprint density at radius 1 is 1.41 bits per heavy atom. The summed E-state index contributed by atoms with van der Waals surface area (Å²) in [5.74, 6) is -0.244. The monoisotopic (exact) mass is 308 g/mol. The van der Waals surface area contributed by atoms with Crippen molar-refractivity contribution in [3.8, 4) is 0 Å². The zero-order valence-corrected chi connectivity index (χ0v) is 13.1. The molecule has 0 saturated carbocycles. The van der Waals surface area contributed by atoms with Gasteiger partial charge in [-0.3, -0.25) is 9.69 Å². The first-order valence-electron chi connectivity index (χ1n) is 7.08. The molecule has 0 radical (unpaired) electrons. The summed E-state index contributed by atoms with van der Waals surface area (Å²) in [5, 5.41) is 2.73. The van der Waals surface area contributed by atoms with Crippen molar-refractivity contribution >= 4 is 17.9 Å². The molecule has 0 bridgehead atoms. The van der Waals surface area contributed by atoms with Gasteiger partial charge in [0.05, 0.1) is 13.7 Å². The van der Waals surface area contributed by atoms with E-state index in [4.69, 9.17) is 4.42 Å². The number of carbonyl (C=O) groups excluding carboxylic acids is 3. The molecule has 1 aliphatic heterocycles. The molecule has 1 unspecified atom stereocenters. The Kier molecular flexibility index (Phi) is 4.25. The second-order valence-corrected chi connectivity index (χ2v) is 6.01. The number of nitrogens with one attached hydrogen (secondary N) is 1. The number of hydrogen-bond acceptors (Lipinski definition) is 5. The maximum atomic E-state index is 12.5. The molecule has 3 amide bonds. The van der Waals surface area contributed by atoms with Crippen molar-refractivity contribution in [2.45, 2.75) is 39.3 Å². The van der Waals surface area contributed by atoms with Crippen LogP contribution in [0.1, 0.15) is 43.5 Å². The summed E-state index contributed by atoms with van der Waals surface area (Å²) in [4.78, 5) is 37.0. The Bertz CT molecular complexity index is 607. The highest BCUT2D eigenvalue weighted by atomic mass is 16.5. The lowest BCUT2D eigenvalue weighted by atomic mass is 9.91. The van der Waals surface area contributed by atoms with Gasteiger partial charge in [-0.05, 0) is 31.4 Å². The van der Waals surface area contributed by atoms with Crippen LogP contribution in [0.4, 0.5) is 4.79 Å². The van der Waals surface area contributed by atoms with Crippen molar-refractivity contribution < 1.29 is 23.5 Å². The van der Waals surface area contributed by atoms with Gasteiger partial charge in [-0.15, -0.1) is 0 Å². The third-order valence-corrected chi connectivity index (χ3v) is 3.52. The van der Waals surface area contributed by atoms with Gasteiger partial charge >= 0.3 is 12.0 Å². The fraction of sp³-hybridized carbons (Fsp3) is 0.533. The van der Waals surface area contributed by atoms with Gasteiger partial charge in [0, 0.05) is 0 Å². The van der Waals surface area contributed by atoms with E-state index in [0.29, 0.717) is 12.2 Å². The van der Waals surface area contributed by atoms with E-state index in [2.05, 4.69) is 10.1 Å². The predicted octanol–water partition coefficient (Wildman–Crippen LogP) is 1.92. The maximum Gasteiger partial charge on any atom is 0.373 e. The number of imide groups is 1. The Morgan fingerprint density at radius 3 is 2.68 bits per heavy atom. The van der Waals surface area contributed by atoms with Crippen LogP contribution < -0.4 is 5.32 Å². The molecule has 120 valence electrons. The van der Waals surface area contributed by atoms with Crippen molar-refractivity contribution in [3.63, 3.8) is 0 Å². The largest absolute Gasteiger partial charge is 0.463 e. The van der Waals surface area contributed by atoms with E-state index in [-0.39, 0.29) is 24.1 Å². The summed E-state index contributed by atoms with van der Waals surface area (Å²) in [6, 6.07) is 2.54. The Labute approximate surface area is 128 Å². The molecule has 1 aromatic heterocycles. The molecule has 2 rings (SSSR count). The Hall–Kier alpha value is -2.31. The van der Waals surface area contributed by atoms with E-state index < -0.39 is 17.5 Å². The number of hydrogen-bond donors (Lipinski definition) is 1. The fourth-order valence-electron chi connectivity index (χ4n) is 2.67. The molecule has 1 saturated heterocycles. The van der Waals surface area contributed by atoms with E-state index in [1.54, 1.807) is 13.0 Å². The van der Waals surface area contributed by atoms with Gasteiger partial charge in [0.15, 0.2) is 0 Å². The normalized spacial score (nSPS) is 21.4. The molecule has 0 aliphatic carbocycles. The third kappa shape index (κ3) is 2.98. The quantitative estimate of drug-likeness (QED) is 0.663. The van der Waals surface area contributed by atoms with Crippen LogP contribution in [-0.2, 0) is 16.1 Å². The minimum Gasteiger partial charge on any atom is -0.463 e. The SMILES string of the molecule is COC(=O)c1ccc(CN2C(=O)NC(C)(CC(C)C)C2=O)o1. The first-order valence-corrected chi connectivity index (χ1v) is 7.08. The number of urea groups is 1. The minimum atomic E-state index is -0.900. The number of nitrogens with zero attached hydrogens (tertiary/aromatic N) is 1. The zero-order chi connectivity index (χ0) is 16.5. The van der Waals surface area contributed by atoms with Crippen LogP contribution in [-0.4, -0.2) is 35.5 Å². The molecule has 7 nitrogen and oxygen atoms in total. The van der Waals surface area contributed by atoms with Crippen LogP contribution in [0.2, 0.25) is 0 Å². The van der Waals surface area contributed by atoms with E-state index in [0.717, 1.165) is 4.90 Å². The van der Waals surface area contributed by atoms with Crippen LogP contribution in [0, 0.1) is 5.92 Å². The molecule has 22 heavy (non-hydrogen) atoms. The smallest absolute Gasteiger partial charge is 0.373 e. The predicted molar refractivity (Wildman–Crippen MR) is 77.0 cm³/mol. The number of carbonyl (C=O) groups is 3. The molecular formula is C15H20N2O5. The van der Waals surface area contributed by atoms with Crippen molar-refractivity contribution in [2.24, 2.45) is 5.92 Å². The summed E-state index contributed by atoms with van der Waals surface area (Å²) in [6.45, 7) is 5.68. The standard InChI is InChI=1S/C15H20N2O5/c1-9(2)7-15(3)13(19)17(14(20)16-15)8-10-5-6-11(22-10)12(18)21-4/h5-6,9H,7-8H2,1-4H3,(H,16,20). The van der Waals surface area contributed by atoms with Crippen molar-refractivity contribution in [1.29, 1.82) is 0 Å². The fourth-order valence-corrected chi connectivity index (χ4v) is 2.67. The highest BCUT2D eigenvalue weighted by Crippen LogP contribution is 2.26. The number of amides is 3. The molecular weight excluding hydrogens is 288 g/mol. The lowest BCUT2D eigenvalue weighted by Crippen LogP contribution is -2.44. The van der Waals surface area contributed by atoms with Crippen LogP contribution >= 0.6 is 0 Å². The topological polar surface area (TPSA) is 88.9 Å². The van der Waals surface area contributed by atoms with Crippen LogP contribution in [0.15, 0.2) is 16.5 Å². The number of ether oxygens (including phenoxy) is 1. The zero-order valence-electron chi connectivity index (χ0n) is 13.1. The van der Waals surface area contributed by atoms with Crippen LogP contribution in [0.3, 0.4) is 0 Å². The third-order valence-electron chi connectivity index (χ3n) is 3.52. The summed E-state index contributed by atoms with van der Waals surface area (Å²) in [5.41, 5.74) is -0.900. The summed E-state index contributed by atoms with van der Waals surface area (Å²) in [6.07, 6.45) is 0.555. The molecule has 1 aliphatic rings. The molecule has 1 N–H and O–H groups in total. The Balaban J connectivity index is 2.13. The van der Waals surface area contributed by atoms with Crippen LogP contribution in [0.5, 0.6) is 0 Å². The molecule has 0 aromatic carbocycles. The van der Waals surface area contributed by atoms with Gasteiger partial charge in [0.1, 0.15) is 11.3 Å². The second-order valence-electron chi connectivity index (χ2n) is 6.01. The van der Waals surface area contributed by atoms with E-state index >= 15 is 0 Å².